The van der Waals surface area contributed by atoms with E-state index in [-0.39, 0.29) is 23.7 Å². The average molecular weight is 355 g/mol. The minimum Gasteiger partial charge on any atom is -0.478 e. The summed E-state index contributed by atoms with van der Waals surface area (Å²) in [4.78, 5) is 25.6. The minimum atomic E-state index is -1.06. The van der Waals surface area contributed by atoms with Crippen molar-refractivity contribution in [2.24, 2.45) is 0 Å². The van der Waals surface area contributed by atoms with Crippen molar-refractivity contribution in [1.82, 2.24) is 4.90 Å². The first-order chi connectivity index (χ1) is 9.91. The lowest BCUT2D eigenvalue weighted by molar-refractivity contribution is 0.0698. The number of nitrogens with zero attached hydrogens (tertiary/aromatic N) is 1. The van der Waals surface area contributed by atoms with Gasteiger partial charge in [-0.05, 0) is 61.2 Å². The molecule has 1 saturated heterocycles. The van der Waals surface area contributed by atoms with Gasteiger partial charge in [0, 0.05) is 16.6 Å². The number of para-hydroxylation sites is 1. The standard InChI is InChI=1S/C15H19BrN2O3/c1-9-5-3-6-10(2)18(9)15(21)17-13-11(14(19)20)7-4-8-12(13)16/h4,7-10H,3,5-6H2,1-2H3,(H,17,21)(H,19,20). The van der Waals surface area contributed by atoms with Crippen molar-refractivity contribution in [3.05, 3.63) is 28.2 Å². The van der Waals surface area contributed by atoms with Crippen molar-refractivity contribution in [2.75, 3.05) is 5.32 Å². The van der Waals surface area contributed by atoms with E-state index >= 15 is 0 Å². The normalized spacial score (nSPS) is 22.0. The lowest BCUT2D eigenvalue weighted by Gasteiger charge is -2.39. The van der Waals surface area contributed by atoms with Crippen LogP contribution in [0.4, 0.5) is 10.5 Å². The molecule has 21 heavy (non-hydrogen) atoms. The number of likely N-dealkylation sites (tertiary alicyclic amines) is 1. The molecule has 0 radical (unpaired) electrons. The number of hydrogen-bond donors (Lipinski definition) is 2. The molecule has 0 aliphatic carbocycles. The summed E-state index contributed by atoms with van der Waals surface area (Å²) in [6.07, 6.45) is 3.06. The lowest BCUT2D eigenvalue weighted by Crippen LogP contribution is -2.49. The third-order valence-electron chi connectivity index (χ3n) is 3.90. The van der Waals surface area contributed by atoms with Gasteiger partial charge in [0.2, 0.25) is 0 Å². The topological polar surface area (TPSA) is 69.6 Å². The molecule has 1 aromatic rings. The van der Waals surface area contributed by atoms with Crippen molar-refractivity contribution in [3.63, 3.8) is 0 Å². The number of aromatic carboxylic acids is 1. The first kappa shape index (κ1) is 15.8. The Morgan fingerprint density at radius 2 is 1.90 bits per heavy atom. The molecule has 1 heterocycles. The van der Waals surface area contributed by atoms with E-state index in [4.69, 9.17) is 0 Å². The zero-order valence-electron chi connectivity index (χ0n) is 12.1. The van der Waals surface area contributed by atoms with Crippen LogP contribution in [0.5, 0.6) is 0 Å². The molecule has 2 unspecified atom stereocenters. The van der Waals surface area contributed by atoms with Gasteiger partial charge in [-0.2, -0.15) is 0 Å². The number of nitrogens with one attached hydrogen (secondary N) is 1. The molecule has 0 saturated carbocycles. The molecule has 5 nitrogen and oxygen atoms in total. The second-order valence-corrected chi connectivity index (χ2v) is 6.29. The highest BCUT2D eigenvalue weighted by Crippen LogP contribution is 2.29. The monoisotopic (exact) mass is 354 g/mol. The molecule has 0 aromatic heterocycles. The number of benzene rings is 1. The minimum absolute atomic E-state index is 0.0787. The highest BCUT2D eigenvalue weighted by Gasteiger charge is 2.29. The molecule has 1 aliphatic heterocycles. The lowest BCUT2D eigenvalue weighted by atomic mass is 9.98. The van der Waals surface area contributed by atoms with Crippen LogP contribution >= 0.6 is 15.9 Å². The van der Waals surface area contributed by atoms with Crippen molar-refractivity contribution >= 4 is 33.6 Å². The van der Waals surface area contributed by atoms with Crippen LogP contribution in [0.2, 0.25) is 0 Å². The summed E-state index contributed by atoms with van der Waals surface area (Å²) in [5, 5.41) is 12.0. The van der Waals surface area contributed by atoms with Gasteiger partial charge in [-0.1, -0.05) is 6.07 Å². The molecular formula is C15H19BrN2O3. The van der Waals surface area contributed by atoms with Crippen LogP contribution in [0.15, 0.2) is 22.7 Å². The number of urea groups is 1. The number of anilines is 1. The Balaban J connectivity index is 2.25. The fourth-order valence-corrected chi connectivity index (χ4v) is 3.29. The summed E-state index contributed by atoms with van der Waals surface area (Å²) in [6, 6.07) is 4.89. The number of halogens is 1. The zero-order chi connectivity index (χ0) is 15.6. The summed E-state index contributed by atoms with van der Waals surface area (Å²) in [6.45, 7) is 4.04. The number of carbonyl (C=O) groups is 2. The maximum absolute atomic E-state index is 12.5. The molecule has 1 fully saturated rings. The fraction of sp³-hybridized carbons (Fsp3) is 0.467. The molecule has 2 rings (SSSR count). The molecule has 114 valence electrons. The number of carboxylic acids is 1. The van der Waals surface area contributed by atoms with Crippen LogP contribution in [0.25, 0.3) is 0 Å². The third-order valence-corrected chi connectivity index (χ3v) is 4.56. The molecule has 2 atom stereocenters. The van der Waals surface area contributed by atoms with Crippen LogP contribution in [-0.4, -0.2) is 34.1 Å². The molecule has 0 spiro atoms. The molecule has 0 bridgehead atoms. The van der Waals surface area contributed by atoms with E-state index in [0.717, 1.165) is 19.3 Å². The van der Waals surface area contributed by atoms with Gasteiger partial charge in [0.1, 0.15) is 0 Å². The largest absolute Gasteiger partial charge is 0.478 e. The predicted octanol–water partition coefficient (Wildman–Crippen LogP) is 3.94. The maximum Gasteiger partial charge on any atom is 0.337 e. The second-order valence-electron chi connectivity index (χ2n) is 5.43. The van der Waals surface area contributed by atoms with E-state index in [1.165, 1.54) is 6.07 Å². The first-order valence-electron chi connectivity index (χ1n) is 7.03. The van der Waals surface area contributed by atoms with Gasteiger partial charge < -0.3 is 15.3 Å². The molecule has 1 aromatic carbocycles. The zero-order valence-corrected chi connectivity index (χ0v) is 13.7. The van der Waals surface area contributed by atoms with Crippen LogP contribution < -0.4 is 5.32 Å². The van der Waals surface area contributed by atoms with Gasteiger partial charge in [0.25, 0.3) is 0 Å². The number of carbonyl (C=O) groups excluding carboxylic acids is 1. The maximum atomic E-state index is 12.5. The van der Waals surface area contributed by atoms with Gasteiger partial charge in [0.15, 0.2) is 0 Å². The first-order valence-corrected chi connectivity index (χ1v) is 7.82. The van der Waals surface area contributed by atoms with E-state index in [2.05, 4.69) is 21.2 Å². The average Bonchev–Trinajstić information content (AvgIpc) is 2.40. The summed E-state index contributed by atoms with van der Waals surface area (Å²) in [7, 11) is 0. The van der Waals surface area contributed by atoms with Crippen molar-refractivity contribution in [3.8, 4) is 0 Å². The van der Waals surface area contributed by atoms with Crippen LogP contribution in [0.1, 0.15) is 43.5 Å². The summed E-state index contributed by atoms with van der Waals surface area (Å²) in [5.74, 6) is -1.06. The SMILES string of the molecule is CC1CCCC(C)N1C(=O)Nc1c(Br)cccc1C(=O)O. The molecule has 2 amide bonds. The van der Waals surface area contributed by atoms with Crippen molar-refractivity contribution < 1.29 is 14.7 Å². The molecule has 1 aliphatic rings. The Bertz CT molecular complexity index is 552. The number of hydrogen-bond acceptors (Lipinski definition) is 2. The Morgan fingerprint density at radius 3 is 2.48 bits per heavy atom. The number of piperidine rings is 1. The highest BCUT2D eigenvalue weighted by molar-refractivity contribution is 9.10. The smallest absolute Gasteiger partial charge is 0.337 e. The number of rotatable bonds is 2. The van der Waals surface area contributed by atoms with E-state index in [1.54, 1.807) is 17.0 Å². The van der Waals surface area contributed by atoms with Gasteiger partial charge in [0.05, 0.1) is 11.3 Å². The van der Waals surface area contributed by atoms with Gasteiger partial charge >= 0.3 is 12.0 Å². The van der Waals surface area contributed by atoms with Gasteiger partial charge in [-0.15, -0.1) is 0 Å². The molecule has 2 N–H and O–H groups in total. The van der Waals surface area contributed by atoms with Crippen molar-refractivity contribution in [2.45, 2.75) is 45.2 Å². The molecule has 6 heteroatoms. The third kappa shape index (κ3) is 3.37. The van der Waals surface area contributed by atoms with E-state index in [0.29, 0.717) is 10.2 Å². The Morgan fingerprint density at radius 1 is 1.29 bits per heavy atom. The fourth-order valence-electron chi connectivity index (χ4n) is 2.82. The van der Waals surface area contributed by atoms with E-state index in [1.807, 2.05) is 13.8 Å². The number of carboxylic acid groups (broad SMARTS) is 1. The van der Waals surface area contributed by atoms with Crippen LogP contribution in [-0.2, 0) is 0 Å². The Hall–Kier alpha value is -1.56. The van der Waals surface area contributed by atoms with Crippen LogP contribution in [0.3, 0.4) is 0 Å². The van der Waals surface area contributed by atoms with Gasteiger partial charge in [-0.3, -0.25) is 0 Å². The second kappa shape index (κ2) is 6.47. The number of amides is 2. The van der Waals surface area contributed by atoms with E-state index in [9.17, 15) is 14.7 Å². The quantitative estimate of drug-likeness (QED) is 0.844. The Kier molecular flexibility index (Phi) is 4.88. The summed E-state index contributed by atoms with van der Waals surface area (Å²) < 4.78 is 0.563. The molecular weight excluding hydrogens is 336 g/mol. The summed E-state index contributed by atoms with van der Waals surface area (Å²) >= 11 is 3.30. The van der Waals surface area contributed by atoms with Crippen molar-refractivity contribution in [1.29, 1.82) is 0 Å². The highest BCUT2D eigenvalue weighted by atomic mass is 79.9. The Labute approximate surface area is 132 Å². The summed E-state index contributed by atoms with van der Waals surface area (Å²) in [5.41, 5.74) is 0.384. The van der Waals surface area contributed by atoms with Gasteiger partial charge in [-0.25, -0.2) is 9.59 Å². The van der Waals surface area contributed by atoms with E-state index < -0.39 is 5.97 Å². The predicted molar refractivity (Wildman–Crippen MR) is 84.7 cm³/mol. The van der Waals surface area contributed by atoms with Crippen LogP contribution in [0, 0.1) is 0 Å².